The van der Waals surface area contributed by atoms with Crippen LogP contribution in [0.4, 0.5) is 10.1 Å². The number of benzene rings is 1. The maximum absolute atomic E-state index is 13.1. The molecule has 0 aromatic heterocycles. The molecule has 0 amide bonds. The van der Waals surface area contributed by atoms with E-state index in [0.717, 1.165) is 12.1 Å². The number of hydrogen-bond donors (Lipinski definition) is 3. The average Bonchev–Trinajstić information content (AvgIpc) is 2.39. The van der Waals surface area contributed by atoms with E-state index in [0.29, 0.717) is 0 Å². The summed E-state index contributed by atoms with van der Waals surface area (Å²) in [5, 5.41) is 0. The number of hydrogen-bond acceptors (Lipinski definition) is 4. The Morgan fingerprint density at radius 3 is 2.85 bits per heavy atom. The molecule has 0 aliphatic rings. The van der Waals surface area contributed by atoms with Gasteiger partial charge in [0.2, 0.25) is 0 Å². The van der Waals surface area contributed by atoms with Crippen LogP contribution < -0.4 is 15.2 Å². The predicted octanol–water partition coefficient (Wildman–Crippen LogP) is 0.0286. The third-order valence-electron chi connectivity index (χ3n) is 2.15. The Morgan fingerprint density at radius 2 is 2.20 bits per heavy atom. The van der Waals surface area contributed by atoms with E-state index in [9.17, 15) is 12.8 Å². The Balaban J connectivity index is 2.91. The molecular formula is C12H16FN3O3S. The monoisotopic (exact) mass is 301 g/mol. The van der Waals surface area contributed by atoms with Gasteiger partial charge in [-0.05, 0) is 18.2 Å². The van der Waals surface area contributed by atoms with Crippen molar-refractivity contribution >= 4 is 15.9 Å². The van der Waals surface area contributed by atoms with Crippen LogP contribution in [-0.2, 0) is 14.9 Å². The van der Waals surface area contributed by atoms with Gasteiger partial charge < -0.3 is 10.5 Å². The number of anilines is 1. The fourth-order valence-corrected chi connectivity index (χ4v) is 2.21. The topological polar surface area (TPSA) is 93.4 Å². The fraction of sp³-hybridized carbons (Fsp3) is 0.333. The van der Waals surface area contributed by atoms with Crippen LogP contribution in [0.3, 0.4) is 0 Å². The van der Waals surface area contributed by atoms with Gasteiger partial charge in [0.25, 0.3) is 10.2 Å². The third kappa shape index (κ3) is 5.54. The van der Waals surface area contributed by atoms with Crippen LogP contribution in [0.15, 0.2) is 18.2 Å². The maximum atomic E-state index is 13.1. The van der Waals surface area contributed by atoms with E-state index >= 15 is 0 Å². The molecule has 0 saturated carbocycles. The molecular weight excluding hydrogens is 285 g/mol. The number of rotatable bonds is 6. The van der Waals surface area contributed by atoms with Crippen LogP contribution in [0.25, 0.3) is 0 Å². The molecule has 1 rings (SSSR count). The lowest BCUT2D eigenvalue weighted by Gasteiger charge is -2.10. The number of methoxy groups -OCH3 is 1. The van der Waals surface area contributed by atoms with E-state index in [1.165, 1.54) is 13.2 Å². The average molecular weight is 301 g/mol. The van der Waals surface area contributed by atoms with Crippen molar-refractivity contribution in [2.45, 2.75) is 0 Å². The molecule has 0 saturated heterocycles. The van der Waals surface area contributed by atoms with Crippen LogP contribution in [-0.4, -0.2) is 35.2 Å². The van der Waals surface area contributed by atoms with E-state index in [-0.39, 0.29) is 30.9 Å². The summed E-state index contributed by atoms with van der Waals surface area (Å²) < 4.78 is 45.9. The highest BCUT2D eigenvalue weighted by atomic mass is 32.2. The van der Waals surface area contributed by atoms with Gasteiger partial charge in [0.05, 0.1) is 24.4 Å². The van der Waals surface area contributed by atoms with E-state index in [4.69, 9.17) is 10.5 Å². The largest absolute Gasteiger partial charge is 0.383 e. The van der Waals surface area contributed by atoms with Gasteiger partial charge in [-0.2, -0.15) is 13.1 Å². The van der Waals surface area contributed by atoms with Gasteiger partial charge in [-0.25, -0.2) is 4.39 Å². The van der Waals surface area contributed by atoms with E-state index in [1.54, 1.807) is 0 Å². The number of nitrogens with one attached hydrogen (secondary N) is 2. The third-order valence-corrected chi connectivity index (χ3v) is 3.22. The van der Waals surface area contributed by atoms with Crippen LogP contribution in [0.1, 0.15) is 5.56 Å². The van der Waals surface area contributed by atoms with Crippen LogP contribution in [0.2, 0.25) is 0 Å². The van der Waals surface area contributed by atoms with E-state index < -0.39 is 16.0 Å². The normalized spacial score (nSPS) is 10.8. The Hall–Kier alpha value is -1.66. The van der Waals surface area contributed by atoms with Crippen molar-refractivity contribution in [2.75, 3.05) is 31.5 Å². The summed E-state index contributed by atoms with van der Waals surface area (Å²) in [7, 11) is -2.31. The minimum Gasteiger partial charge on any atom is -0.383 e. The SMILES string of the molecule is COCCNS(=O)(=O)Nc1ccc(F)cc1C#CCN. The Morgan fingerprint density at radius 1 is 1.45 bits per heavy atom. The summed E-state index contributed by atoms with van der Waals surface area (Å²) in [5.41, 5.74) is 5.63. The minimum absolute atomic E-state index is 0.0921. The summed E-state index contributed by atoms with van der Waals surface area (Å²) in [6.45, 7) is 0.454. The zero-order valence-electron chi connectivity index (χ0n) is 10.9. The molecule has 0 radical (unpaired) electrons. The molecule has 20 heavy (non-hydrogen) atoms. The molecule has 0 bridgehead atoms. The van der Waals surface area contributed by atoms with Crippen molar-refractivity contribution in [1.29, 1.82) is 0 Å². The van der Waals surface area contributed by atoms with Gasteiger partial charge in [0.15, 0.2) is 0 Å². The van der Waals surface area contributed by atoms with Crippen LogP contribution in [0, 0.1) is 17.7 Å². The molecule has 0 heterocycles. The molecule has 0 spiro atoms. The number of halogens is 1. The molecule has 1 aromatic carbocycles. The quantitative estimate of drug-likeness (QED) is 0.510. The van der Waals surface area contributed by atoms with Crippen molar-refractivity contribution in [2.24, 2.45) is 5.73 Å². The van der Waals surface area contributed by atoms with Gasteiger partial charge in [0.1, 0.15) is 5.82 Å². The summed E-state index contributed by atoms with van der Waals surface area (Å²) in [6.07, 6.45) is 0. The van der Waals surface area contributed by atoms with Gasteiger partial charge in [-0.1, -0.05) is 11.8 Å². The second kappa shape index (κ2) is 7.81. The second-order valence-electron chi connectivity index (χ2n) is 3.69. The summed E-state index contributed by atoms with van der Waals surface area (Å²) in [5.74, 6) is 4.64. The first-order valence-corrected chi connectivity index (χ1v) is 7.21. The van der Waals surface area contributed by atoms with Crippen molar-refractivity contribution < 1.29 is 17.5 Å². The number of ether oxygens (including phenoxy) is 1. The van der Waals surface area contributed by atoms with Gasteiger partial charge in [-0.15, -0.1) is 0 Å². The van der Waals surface area contributed by atoms with Crippen molar-refractivity contribution in [3.63, 3.8) is 0 Å². The van der Waals surface area contributed by atoms with Crippen molar-refractivity contribution in [3.8, 4) is 11.8 Å². The first kappa shape index (κ1) is 16.4. The first-order chi connectivity index (χ1) is 9.48. The fourth-order valence-electron chi connectivity index (χ4n) is 1.31. The smallest absolute Gasteiger partial charge is 0.299 e. The minimum atomic E-state index is -3.77. The maximum Gasteiger partial charge on any atom is 0.299 e. The molecule has 0 atom stereocenters. The molecule has 4 N–H and O–H groups in total. The van der Waals surface area contributed by atoms with Crippen molar-refractivity contribution in [1.82, 2.24) is 4.72 Å². The predicted molar refractivity (Wildman–Crippen MR) is 74.8 cm³/mol. The molecule has 110 valence electrons. The Labute approximate surface area is 117 Å². The second-order valence-corrected chi connectivity index (χ2v) is 5.19. The molecule has 0 aliphatic heterocycles. The lowest BCUT2D eigenvalue weighted by molar-refractivity contribution is 0.204. The molecule has 6 nitrogen and oxygen atoms in total. The lowest BCUT2D eigenvalue weighted by Crippen LogP contribution is -2.32. The Bertz CT molecular complexity index is 608. The van der Waals surface area contributed by atoms with Crippen molar-refractivity contribution in [3.05, 3.63) is 29.6 Å². The first-order valence-electron chi connectivity index (χ1n) is 5.73. The zero-order valence-corrected chi connectivity index (χ0v) is 11.8. The summed E-state index contributed by atoms with van der Waals surface area (Å²) in [6, 6.07) is 3.57. The van der Waals surface area contributed by atoms with E-state index in [2.05, 4.69) is 21.3 Å². The Kier molecular flexibility index (Phi) is 6.41. The molecule has 0 fully saturated rings. The van der Waals surface area contributed by atoms with Gasteiger partial charge >= 0.3 is 0 Å². The van der Waals surface area contributed by atoms with E-state index in [1.807, 2.05) is 0 Å². The van der Waals surface area contributed by atoms with Crippen LogP contribution in [0.5, 0.6) is 0 Å². The molecule has 1 aromatic rings. The molecule has 8 heteroatoms. The number of nitrogens with two attached hydrogens (primary N) is 1. The highest BCUT2D eigenvalue weighted by Crippen LogP contribution is 2.17. The lowest BCUT2D eigenvalue weighted by atomic mass is 10.2. The summed E-state index contributed by atoms with van der Waals surface area (Å²) in [4.78, 5) is 0. The van der Waals surface area contributed by atoms with Gasteiger partial charge in [-0.3, -0.25) is 4.72 Å². The van der Waals surface area contributed by atoms with Gasteiger partial charge in [0, 0.05) is 13.7 Å². The summed E-state index contributed by atoms with van der Waals surface area (Å²) >= 11 is 0. The molecule has 0 aliphatic carbocycles. The highest BCUT2D eigenvalue weighted by molar-refractivity contribution is 7.90. The highest BCUT2D eigenvalue weighted by Gasteiger charge is 2.11. The standard InChI is InChI=1S/C12H16FN3O3S/c1-19-8-7-15-20(17,18)16-12-5-4-11(13)9-10(12)3-2-6-14/h4-5,9,15-16H,6-8,14H2,1H3. The zero-order chi connectivity index (χ0) is 15.0. The van der Waals surface area contributed by atoms with Crippen LogP contribution >= 0.6 is 0 Å². The molecule has 0 unspecified atom stereocenters.